The van der Waals surface area contributed by atoms with Crippen LogP contribution < -0.4 is 10.6 Å². The molecule has 7 nitrogen and oxygen atoms in total. The second kappa shape index (κ2) is 7.36. The number of nitrogens with zero attached hydrogens (tertiary/aromatic N) is 1. The molecule has 0 aliphatic heterocycles. The molecule has 0 aliphatic rings. The lowest BCUT2D eigenvalue weighted by molar-refractivity contribution is -0.384. The van der Waals surface area contributed by atoms with Gasteiger partial charge in [-0.2, -0.15) is 0 Å². The van der Waals surface area contributed by atoms with Gasteiger partial charge in [0.1, 0.15) is 0 Å². The molecule has 2 aromatic carbocycles. The molecule has 124 valence electrons. The Kier molecular flexibility index (Phi) is 5.26. The minimum atomic E-state index is -0.553. The Bertz CT molecular complexity index is 802. The molecular weight excluding hydrogens is 310 g/mol. The lowest BCUT2D eigenvalue weighted by atomic mass is 10.1. The van der Waals surface area contributed by atoms with Crippen molar-refractivity contribution in [3.63, 3.8) is 0 Å². The van der Waals surface area contributed by atoms with Crippen molar-refractivity contribution >= 4 is 28.9 Å². The highest BCUT2D eigenvalue weighted by Crippen LogP contribution is 2.24. The van der Waals surface area contributed by atoms with Crippen LogP contribution in [-0.4, -0.2) is 16.7 Å². The highest BCUT2D eigenvalue weighted by atomic mass is 16.6. The normalized spacial score (nSPS) is 10.1. The van der Waals surface area contributed by atoms with E-state index in [4.69, 9.17) is 0 Å². The first-order valence-electron chi connectivity index (χ1n) is 7.37. The van der Waals surface area contributed by atoms with Crippen LogP contribution in [0.15, 0.2) is 42.5 Å². The van der Waals surface area contributed by atoms with Gasteiger partial charge in [-0.25, -0.2) is 0 Å². The average molecular weight is 327 g/mol. The maximum atomic E-state index is 12.3. The summed E-state index contributed by atoms with van der Waals surface area (Å²) in [6, 6.07) is 10.6. The minimum Gasteiger partial charge on any atom is -0.326 e. The lowest BCUT2D eigenvalue weighted by Gasteiger charge is -2.13. The van der Waals surface area contributed by atoms with E-state index in [9.17, 15) is 19.7 Å². The van der Waals surface area contributed by atoms with Gasteiger partial charge in [0.05, 0.1) is 4.92 Å². The number of rotatable bonds is 5. The smallest absolute Gasteiger partial charge is 0.270 e. The van der Waals surface area contributed by atoms with E-state index in [0.717, 1.165) is 0 Å². The van der Waals surface area contributed by atoms with Crippen molar-refractivity contribution in [2.24, 2.45) is 0 Å². The molecule has 0 fully saturated rings. The molecule has 0 saturated carbocycles. The quantitative estimate of drug-likeness (QED) is 0.648. The summed E-state index contributed by atoms with van der Waals surface area (Å²) in [5, 5.41) is 16.3. The molecule has 0 heterocycles. The molecule has 0 bridgehead atoms. The standard InChI is InChI=1S/C17H17N3O4/c1-3-16(21)18-14-8-5-9-15(11(14)2)19-17(22)12-6-4-7-13(10-12)20(23)24/h4-10H,3H2,1-2H3,(H,18,21)(H,19,22). The van der Waals surface area contributed by atoms with Gasteiger partial charge < -0.3 is 10.6 Å². The Labute approximate surface area is 138 Å². The van der Waals surface area contributed by atoms with Crippen molar-refractivity contribution in [2.45, 2.75) is 20.3 Å². The Morgan fingerprint density at radius 1 is 1.08 bits per heavy atom. The summed E-state index contributed by atoms with van der Waals surface area (Å²) in [7, 11) is 0. The van der Waals surface area contributed by atoms with Crippen LogP contribution in [-0.2, 0) is 4.79 Å². The van der Waals surface area contributed by atoms with Gasteiger partial charge in [0.15, 0.2) is 0 Å². The van der Waals surface area contributed by atoms with Gasteiger partial charge in [0.2, 0.25) is 5.91 Å². The van der Waals surface area contributed by atoms with Crippen LogP contribution in [0, 0.1) is 17.0 Å². The highest BCUT2D eigenvalue weighted by Gasteiger charge is 2.13. The molecule has 0 atom stereocenters. The summed E-state index contributed by atoms with van der Waals surface area (Å²) in [6.45, 7) is 3.52. The Hall–Kier alpha value is -3.22. The SMILES string of the molecule is CCC(=O)Nc1cccc(NC(=O)c2cccc([N+](=O)[O-])c2)c1C. The number of hydrogen-bond donors (Lipinski definition) is 2. The molecule has 2 amide bonds. The zero-order valence-electron chi connectivity index (χ0n) is 13.3. The predicted molar refractivity (Wildman–Crippen MR) is 91.1 cm³/mol. The van der Waals surface area contributed by atoms with Crippen LogP contribution in [0.3, 0.4) is 0 Å². The van der Waals surface area contributed by atoms with Crippen LogP contribution in [0.4, 0.5) is 17.1 Å². The van der Waals surface area contributed by atoms with E-state index in [1.165, 1.54) is 24.3 Å². The van der Waals surface area contributed by atoms with Gasteiger partial charge in [0, 0.05) is 35.5 Å². The number of amides is 2. The van der Waals surface area contributed by atoms with Crippen molar-refractivity contribution in [1.29, 1.82) is 0 Å². The zero-order valence-corrected chi connectivity index (χ0v) is 13.3. The highest BCUT2D eigenvalue weighted by molar-refractivity contribution is 6.05. The van der Waals surface area contributed by atoms with Gasteiger partial charge >= 0.3 is 0 Å². The van der Waals surface area contributed by atoms with E-state index in [2.05, 4.69) is 10.6 Å². The summed E-state index contributed by atoms with van der Waals surface area (Å²) >= 11 is 0. The monoisotopic (exact) mass is 327 g/mol. The van der Waals surface area contributed by atoms with E-state index >= 15 is 0 Å². The summed E-state index contributed by atoms with van der Waals surface area (Å²) in [4.78, 5) is 34.1. The second-order valence-electron chi connectivity index (χ2n) is 5.14. The van der Waals surface area contributed by atoms with Crippen molar-refractivity contribution in [3.05, 3.63) is 63.7 Å². The van der Waals surface area contributed by atoms with Crippen LogP contribution in [0.5, 0.6) is 0 Å². The van der Waals surface area contributed by atoms with Gasteiger partial charge in [-0.15, -0.1) is 0 Å². The molecule has 0 aromatic heterocycles. The molecule has 0 unspecified atom stereocenters. The number of hydrogen-bond acceptors (Lipinski definition) is 4. The molecule has 24 heavy (non-hydrogen) atoms. The third-order valence-corrected chi connectivity index (χ3v) is 3.50. The Morgan fingerprint density at radius 3 is 2.33 bits per heavy atom. The van der Waals surface area contributed by atoms with Crippen LogP contribution >= 0.6 is 0 Å². The third kappa shape index (κ3) is 3.95. The first-order valence-corrected chi connectivity index (χ1v) is 7.37. The predicted octanol–water partition coefficient (Wildman–Crippen LogP) is 3.50. The first-order chi connectivity index (χ1) is 11.4. The van der Waals surface area contributed by atoms with Crippen LogP contribution in [0.1, 0.15) is 29.3 Å². The van der Waals surface area contributed by atoms with Gasteiger partial charge in [-0.3, -0.25) is 19.7 Å². The van der Waals surface area contributed by atoms with E-state index in [1.807, 2.05) is 0 Å². The average Bonchev–Trinajstić information content (AvgIpc) is 2.58. The van der Waals surface area contributed by atoms with Crippen molar-refractivity contribution in [3.8, 4) is 0 Å². The molecule has 7 heteroatoms. The van der Waals surface area contributed by atoms with E-state index in [0.29, 0.717) is 23.4 Å². The maximum Gasteiger partial charge on any atom is 0.270 e. The molecule has 2 aromatic rings. The number of benzene rings is 2. The number of anilines is 2. The van der Waals surface area contributed by atoms with Crippen molar-refractivity contribution in [1.82, 2.24) is 0 Å². The number of nitrogens with one attached hydrogen (secondary N) is 2. The minimum absolute atomic E-state index is 0.125. The fourth-order valence-electron chi connectivity index (χ4n) is 2.10. The number of nitro benzene ring substituents is 1. The number of nitro groups is 1. The maximum absolute atomic E-state index is 12.3. The van der Waals surface area contributed by atoms with Crippen molar-refractivity contribution in [2.75, 3.05) is 10.6 Å². The largest absolute Gasteiger partial charge is 0.326 e. The molecule has 2 N–H and O–H groups in total. The molecular formula is C17H17N3O4. The fourth-order valence-corrected chi connectivity index (χ4v) is 2.10. The summed E-state index contributed by atoms with van der Waals surface area (Å²) < 4.78 is 0. The zero-order chi connectivity index (χ0) is 17.7. The molecule has 2 rings (SSSR count). The first kappa shape index (κ1) is 17.1. The van der Waals surface area contributed by atoms with Gasteiger partial charge in [0.25, 0.3) is 11.6 Å². The van der Waals surface area contributed by atoms with Gasteiger partial charge in [-0.1, -0.05) is 19.1 Å². The molecule has 0 saturated heterocycles. The third-order valence-electron chi connectivity index (χ3n) is 3.50. The van der Waals surface area contributed by atoms with Gasteiger partial charge in [-0.05, 0) is 30.7 Å². The Balaban J connectivity index is 2.23. The number of carbonyl (C=O) groups is 2. The van der Waals surface area contributed by atoms with E-state index in [-0.39, 0.29) is 17.2 Å². The van der Waals surface area contributed by atoms with Crippen LogP contribution in [0.2, 0.25) is 0 Å². The molecule has 0 aliphatic carbocycles. The lowest BCUT2D eigenvalue weighted by Crippen LogP contribution is -2.15. The topological polar surface area (TPSA) is 101 Å². The summed E-state index contributed by atoms with van der Waals surface area (Å²) in [6.07, 6.45) is 0.351. The molecule has 0 spiro atoms. The summed E-state index contributed by atoms with van der Waals surface area (Å²) in [5.41, 5.74) is 1.88. The number of carbonyl (C=O) groups excluding carboxylic acids is 2. The Morgan fingerprint density at radius 2 is 1.71 bits per heavy atom. The second-order valence-corrected chi connectivity index (χ2v) is 5.14. The van der Waals surface area contributed by atoms with Crippen LogP contribution in [0.25, 0.3) is 0 Å². The van der Waals surface area contributed by atoms with Crippen molar-refractivity contribution < 1.29 is 14.5 Å². The summed E-state index contributed by atoms with van der Waals surface area (Å²) in [5.74, 6) is -0.582. The van der Waals surface area contributed by atoms with E-state index < -0.39 is 10.8 Å². The van der Waals surface area contributed by atoms with E-state index in [1.54, 1.807) is 32.0 Å². The molecule has 0 radical (unpaired) electrons. The fraction of sp³-hybridized carbons (Fsp3) is 0.176. The number of non-ortho nitro benzene ring substituents is 1.